The van der Waals surface area contributed by atoms with Gasteiger partial charge in [0.2, 0.25) is 0 Å². The quantitative estimate of drug-likeness (QED) is 0.773. The molecule has 2 heteroatoms. The molecule has 16 heavy (non-hydrogen) atoms. The lowest BCUT2D eigenvalue weighted by Crippen LogP contribution is -2.32. The molecule has 86 valence electrons. The summed E-state index contributed by atoms with van der Waals surface area (Å²) < 4.78 is 5.82. The van der Waals surface area contributed by atoms with E-state index in [4.69, 9.17) is 4.74 Å². The number of allylic oxidation sites excluding steroid dienone is 2. The van der Waals surface area contributed by atoms with Crippen LogP contribution in [-0.4, -0.2) is 17.3 Å². The molecule has 1 aliphatic carbocycles. The number of para-hydroxylation sites is 1. The fourth-order valence-corrected chi connectivity index (χ4v) is 1.95. The summed E-state index contributed by atoms with van der Waals surface area (Å²) in [6, 6.07) is 9.72. The molecule has 2 rings (SSSR count). The van der Waals surface area contributed by atoms with Crippen LogP contribution >= 0.6 is 0 Å². The lowest BCUT2D eigenvalue weighted by molar-refractivity contribution is 0.0261. The van der Waals surface area contributed by atoms with Gasteiger partial charge in [0.1, 0.15) is 11.9 Å². The van der Waals surface area contributed by atoms with Crippen molar-refractivity contribution < 1.29 is 9.84 Å². The summed E-state index contributed by atoms with van der Waals surface area (Å²) in [5.74, 6) is 0.844. The van der Waals surface area contributed by atoms with Gasteiger partial charge in [-0.3, -0.25) is 0 Å². The molecule has 2 unspecified atom stereocenters. The Labute approximate surface area is 96.6 Å². The Kier molecular flexibility index (Phi) is 4.00. The van der Waals surface area contributed by atoms with Gasteiger partial charge in [0.05, 0.1) is 6.10 Å². The van der Waals surface area contributed by atoms with Crippen molar-refractivity contribution in [3.63, 3.8) is 0 Å². The van der Waals surface area contributed by atoms with Crippen LogP contribution in [0.2, 0.25) is 0 Å². The monoisotopic (exact) mass is 218 g/mol. The third-order valence-electron chi connectivity index (χ3n) is 2.87. The number of rotatable bonds is 2. The first-order valence-corrected chi connectivity index (χ1v) is 5.91. The predicted molar refractivity (Wildman–Crippen MR) is 64.5 cm³/mol. The maximum absolute atomic E-state index is 9.98. The van der Waals surface area contributed by atoms with E-state index in [0.29, 0.717) is 0 Å². The smallest absolute Gasteiger partial charge is 0.125 e. The van der Waals surface area contributed by atoms with Gasteiger partial charge in [-0.15, -0.1) is 0 Å². The van der Waals surface area contributed by atoms with Gasteiger partial charge in [-0.1, -0.05) is 30.4 Å². The molecule has 0 bridgehead atoms. The molecule has 1 aliphatic rings. The van der Waals surface area contributed by atoms with Crippen molar-refractivity contribution in [1.29, 1.82) is 0 Å². The largest absolute Gasteiger partial charge is 0.488 e. The van der Waals surface area contributed by atoms with Gasteiger partial charge in [-0.25, -0.2) is 0 Å². The molecule has 0 saturated heterocycles. The average Bonchev–Trinajstić information content (AvgIpc) is 2.30. The van der Waals surface area contributed by atoms with Crippen molar-refractivity contribution in [2.24, 2.45) is 0 Å². The minimum absolute atomic E-state index is 0.0765. The highest BCUT2D eigenvalue weighted by Crippen LogP contribution is 2.20. The molecule has 0 radical (unpaired) electrons. The Hall–Kier alpha value is -1.28. The standard InChI is InChI=1S/C14H18O2/c15-13-10-6-1-2-7-11-14(13)16-12-8-4-3-5-9-12/h1-5,8-9,13-15H,6-7,10-11H2/b2-1-. The Morgan fingerprint density at radius 1 is 1.00 bits per heavy atom. The first-order chi connectivity index (χ1) is 7.86. The van der Waals surface area contributed by atoms with Crippen LogP contribution in [0.3, 0.4) is 0 Å². The van der Waals surface area contributed by atoms with Crippen LogP contribution in [-0.2, 0) is 0 Å². The van der Waals surface area contributed by atoms with Crippen LogP contribution < -0.4 is 4.74 Å². The lowest BCUT2D eigenvalue weighted by Gasteiger charge is -2.24. The molecule has 0 fully saturated rings. The van der Waals surface area contributed by atoms with E-state index >= 15 is 0 Å². The Balaban J connectivity index is 1.99. The van der Waals surface area contributed by atoms with E-state index in [-0.39, 0.29) is 12.2 Å². The number of hydrogen-bond donors (Lipinski definition) is 1. The van der Waals surface area contributed by atoms with Gasteiger partial charge in [0, 0.05) is 0 Å². The third kappa shape index (κ3) is 3.11. The van der Waals surface area contributed by atoms with Gasteiger partial charge in [-0.05, 0) is 37.8 Å². The maximum Gasteiger partial charge on any atom is 0.125 e. The van der Waals surface area contributed by atoms with Crippen molar-refractivity contribution in [1.82, 2.24) is 0 Å². The number of benzene rings is 1. The van der Waals surface area contributed by atoms with E-state index in [0.717, 1.165) is 31.4 Å². The van der Waals surface area contributed by atoms with E-state index in [1.807, 2.05) is 30.3 Å². The van der Waals surface area contributed by atoms with Crippen molar-refractivity contribution >= 4 is 0 Å². The zero-order chi connectivity index (χ0) is 11.2. The number of hydrogen-bond acceptors (Lipinski definition) is 2. The zero-order valence-electron chi connectivity index (χ0n) is 9.38. The molecule has 1 aromatic carbocycles. The molecule has 2 nitrogen and oxygen atoms in total. The average molecular weight is 218 g/mol. The van der Waals surface area contributed by atoms with Gasteiger partial charge < -0.3 is 9.84 Å². The highest BCUT2D eigenvalue weighted by molar-refractivity contribution is 5.21. The lowest BCUT2D eigenvalue weighted by atomic mass is 10.0. The summed E-state index contributed by atoms with van der Waals surface area (Å²) in [6.45, 7) is 0. The Morgan fingerprint density at radius 3 is 2.44 bits per heavy atom. The molecular weight excluding hydrogens is 200 g/mol. The minimum Gasteiger partial charge on any atom is -0.488 e. The fourth-order valence-electron chi connectivity index (χ4n) is 1.95. The van der Waals surface area contributed by atoms with E-state index in [1.165, 1.54) is 0 Å². The van der Waals surface area contributed by atoms with Crippen molar-refractivity contribution in [3.05, 3.63) is 42.5 Å². The predicted octanol–water partition coefficient (Wildman–Crippen LogP) is 2.93. The Morgan fingerprint density at radius 2 is 1.69 bits per heavy atom. The van der Waals surface area contributed by atoms with Crippen molar-refractivity contribution in [2.75, 3.05) is 0 Å². The fraction of sp³-hybridized carbons (Fsp3) is 0.429. The van der Waals surface area contributed by atoms with E-state index in [9.17, 15) is 5.11 Å². The molecule has 1 N–H and O–H groups in total. The van der Waals surface area contributed by atoms with Crippen molar-refractivity contribution in [3.8, 4) is 5.75 Å². The highest BCUT2D eigenvalue weighted by atomic mass is 16.5. The Bertz CT molecular complexity index is 332. The van der Waals surface area contributed by atoms with Crippen LogP contribution in [0.4, 0.5) is 0 Å². The molecule has 0 spiro atoms. The second kappa shape index (κ2) is 5.71. The topological polar surface area (TPSA) is 29.5 Å². The van der Waals surface area contributed by atoms with Crippen LogP contribution in [0.15, 0.2) is 42.5 Å². The molecule has 0 aromatic heterocycles. The summed E-state index contributed by atoms with van der Waals surface area (Å²) in [7, 11) is 0. The maximum atomic E-state index is 9.98. The van der Waals surface area contributed by atoms with Crippen LogP contribution in [0.25, 0.3) is 0 Å². The van der Waals surface area contributed by atoms with E-state index in [1.54, 1.807) is 0 Å². The van der Waals surface area contributed by atoms with E-state index < -0.39 is 0 Å². The second-order valence-corrected chi connectivity index (χ2v) is 4.16. The normalized spacial score (nSPS) is 27.8. The molecular formula is C14H18O2. The van der Waals surface area contributed by atoms with Crippen LogP contribution in [0.5, 0.6) is 5.75 Å². The molecule has 0 heterocycles. The highest BCUT2D eigenvalue weighted by Gasteiger charge is 2.20. The second-order valence-electron chi connectivity index (χ2n) is 4.16. The zero-order valence-corrected chi connectivity index (χ0v) is 9.38. The summed E-state index contributed by atoms with van der Waals surface area (Å²) in [4.78, 5) is 0. The number of ether oxygens (including phenoxy) is 1. The first-order valence-electron chi connectivity index (χ1n) is 5.91. The summed E-state index contributed by atoms with van der Waals surface area (Å²) in [5, 5.41) is 9.98. The van der Waals surface area contributed by atoms with Crippen LogP contribution in [0, 0.1) is 0 Å². The van der Waals surface area contributed by atoms with Gasteiger partial charge in [0.25, 0.3) is 0 Å². The molecule has 0 saturated carbocycles. The number of aliphatic hydroxyl groups is 1. The number of aliphatic hydroxyl groups excluding tert-OH is 1. The van der Waals surface area contributed by atoms with Gasteiger partial charge in [0.15, 0.2) is 0 Å². The van der Waals surface area contributed by atoms with E-state index in [2.05, 4.69) is 12.2 Å². The molecule has 1 aromatic rings. The summed E-state index contributed by atoms with van der Waals surface area (Å²) in [5.41, 5.74) is 0. The molecule has 2 atom stereocenters. The first kappa shape index (κ1) is 11.2. The van der Waals surface area contributed by atoms with Crippen LogP contribution in [0.1, 0.15) is 25.7 Å². The molecule has 0 amide bonds. The van der Waals surface area contributed by atoms with Crippen molar-refractivity contribution in [2.45, 2.75) is 37.9 Å². The van der Waals surface area contributed by atoms with Gasteiger partial charge >= 0.3 is 0 Å². The summed E-state index contributed by atoms with van der Waals surface area (Å²) >= 11 is 0. The SMILES string of the molecule is OC1CC/C=C\CCC1Oc1ccccc1. The minimum atomic E-state index is -0.356. The molecule has 0 aliphatic heterocycles. The summed E-state index contributed by atoms with van der Waals surface area (Å²) in [6.07, 6.45) is 7.47. The third-order valence-corrected chi connectivity index (χ3v) is 2.87. The van der Waals surface area contributed by atoms with Gasteiger partial charge in [-0.2, -0.15) is 0 Å².